The number of pyridine rings is 1. The highest BCUT2D eigenvalue weighted by Gasteiger charge is 2.13. The zero-order chi connectivity index (χ0) is 14.1. The number of aromatic nitrogens is 1. The fourth-order valence-electron chi connectivity index (χ4n) is 1.29. The molecule has 1 heterocycles. The van der Waals surface area contributed by atoms with Gasteiger partial charge in [-0.3, -0.25) is 14.9 Å². The minimum atomic E-state index is -0.689. The molecule has 0 unspecified atom stereocenters. The van der Waals surface area contributed by atoms with Crippen LogP contribution in [0.25, 0.3) is 10.9 Å². The second-order valence-corrected chi connectivity index (χ2v) is 2.81. The van der Waals surface area contributed by atoms with Crippen LogP contribution in [0.3, 0.4) is 0 Å². The van der Waals surface area contributed by atoms with Crippen molar-refractivity contribution in [3.63, 3.8) is 0 Å². The summed E-state index contributed by atoms with van der Waals surface area (Å²) in [5, 5.41) is 10.8. The van der Waals surface area contributed by atoms with E-state index in [0.29, 0.717) is 10.9 Å². The van der Waals surface area contributed by atoms with Crippen molar-refractivity contribution in [1.29, 1.82) is 0 Å². The van der Waals surface area contributed by atoms with Crippen LogP contribution >= 0.6 is 15.9 Å². The largest absolute Gasteiger partial charge is 0.355 e. The Hall–Kier alpha value is -1.69. The first-order valence-electron chi connectivity index (χ1n) is 5.33. The van der Waals surface area contributed by atoms with Gasteiger partial charge < -0.3 is 4.98 Å². The molecule has 1 N–H and O–H groups in total. The summed E-state index contributed by atoms with van der Waals surface area (Å²) in [6, 6.07) is 6.67. The van der Waals surface area contributed by atoms with Crippen LogP contribution in [-0.4, -0.2) is 15.7 Å². The smallest absolute Gasteiger partial charge is 0.332 e. The molecule has 0 saturated carbocycles. The predicted molar refractivity (Wildman–Crippen MR) is 77.4 cm³/mol. The molecule has 2 rings (SSSR count). The third kappa shape index (κ3) is 3.66. The molecular formula is C12H15BrN2O3. The molecule has 0 aliphatic heterocycles. The van der Waals surface area contributed by atoms with Gasteiger partial charge in [0, 0.05) is 5.52 Å². The molecule has 5 nitrogen and oxygen atoms in total. The van der Waals surface area contributed by atoms with E-state index in [-0.39, 0.29) is 0 Å². The van der Waals surface area contributed by atoms with E-state index in [2.05, 4.69) is 20.9 Å². The Balaban J connectivity index is 0.000000659. The zero-order valence-corrected chi connectivity index (χ0v) is 12.0. The molecule has 0 aliphatic carbocycles. The van der Waals surface area contributed by atoms with E-state index < -0.39 is 16.0 Å². The quantitative estimate of drug-likeness (QED) is 0.497. The molecule has 0 amide bonds. The van der Waals surface area contributed by atoms with Crippen LogP contribution in [0.4, 0.5) is 5.69 Å². The van der Waals surface area contributed by atoms with E-state index in [9.17, 15) is 14.9 Å². The molecule has 1 aromatic carbocycles. The predicted octanol–water partition coefficient (Wildman–Crippen LogP) is 3.47. The van der Waals surface area contributed by atoms with Gasteiger partial charge in [0.25, 0.3) is 5.43 Å². The maximum atomic E-state index is 11.5. The Labute approximate surface area is 113 Å². The molecule has 0 radical (unpaired) electrons. The van der Waals surface area contributed by atoms with Crippen LogP contribution in [0.2, 0.25) is 0 Å². The van der Waals surface area contributed by atoms with Crippen LogP contribution in [-0.2, 0) is 0 Å². The number of aromatic amines is 1. The molecule has 0 fully saturated rings. The van der Waals surface area contributed by atoms with E-state index in [4.69, 9.17) is 0 Å². The average Bonchev–Trinajstić information content (AvgIpc) is 2.43. The standard InChI is InChI=1S/C9H6N2O3.C2H6.CH3Br/c12-9-6-3-1-2-4-7(6)10-5-8(9)11(13)14;2*1-2/h1-5H,(H,10,12);1-2H3;1H3. The van der Waals surface area contributed by atoms with Gasteiger partial charge in [-0.1, -0.05) is 41.9 Å². The number of nitro groups is 1. The average molecular weight is 315 g/mol. The SMILES string of the molecule is CBr.CC.O=c1c([N+](=O)[O-])c[nH]c2ccccc12. The maximum absolute atomic E-state index is 11.5. The number of H-pyrrole nitrogens is 1. The van der Waals surface area contributed by atoms with E-state index in [0.717, 1.165) is 6.20 Å². The highest BCUT2D eigenvalue weighted by atomic mass is 79.9. The summed E-state index contributed by atoms with van der Waals surface area (Å²) in [4.78, 5) is 24.0. The van der Waals surface area contributed by atoms with Gasteiger partial charge in [-0.05, 0) is 18.0 Å². The Bertz CT molecular complexity index is 566. The third-order valence-corrected chi connectivity index (χ3v) is 1.97. The van der Waals surface area contributed by atoms with Gasteiger partial charge in [0.15, 0.2) is 0 Å². The van der Waals surface area contributed by atoms with Crippen LogP contribution in [0.1, 0.15) is 13.8 Å². The number of fused-ring (bicyclic) bond motifs is 1. The highest BCUT2D eigenvalue weighted by molar-refractivity contribution is 9.08. The van der Waals surface area contributed by atoms with Crippen molar-refractivity contribution in [3.05, 3.63) is 50.8 Å². The molecule has 18 heavy (non-hydrogen) atoms. The molecule has 0 atom stereocenters. The van der Waals surface area contributed by atoms with Crippen molar-refractivity contribution in [1.82, 2.24) is 4.98 Å². The number of hydrogen-bond donors (Lipinski definition) is 1. The Morgan fingerprint density at radius 2 is 1.78 bits per heavy atom. The molecule has 2 aromatic rings. The van der Waals surface area contributed by atoms with Crippen molar-refractivity contribution in [2.24, 2.45) is 0 Å². The van der Waals surface area contributed by atoms with E-state index in [1.807, 2.05) is 19.7 Å². The van der Waals surface area contributed by atoms with Crippen LogP contribution in [0.5, 0.6) is 0 Å². The molecule has 1 aromatic heterocycles. The van der Waals surface area contributed by atoms with E-state index in [1.165, 1.54) is 0 Å². The van der Waals surface area contributed by atoms with Crippen molar-refractivity contribution < 1.29 is 4.92 Å². The van der Waals surface area contributed by atoms with Crippen molar-refractivity contribution in [2.75, 3.05) is 5.83 Å². The first kappa shape index (κ1) is 16.3. The molecule has 98 valence electrons. The summed E-state index contributed by atoms with van der Waals surface area (Å²) >= 11 is 2.94. The number of nitrogens with one attached hydrogen (secondary N) is 1. The normalized spacial score (nSPS) is 8.67. The summed E-state index contributed by atoms with van der Waals surface area (Å²) in [5.74, 6) is 1.81. The van der Waals surface area contributed by atoms with Gasteiger partial charge in [0.2, 0.25) is 0 Å². The third-order valence-electron chi connectivity index (χ3n) is 1.97. The van der Waals surface area contributed by atoms with Crippen molar-refractivity contribution >= 4 is 32.5 Å². The Morgan fingerprint density at radius 1 is 1.22 bits per heavy atom. The monoisotopic (exact) mass is 314 g/mol. The van der Waals surface area contributed by atoms with Gasteiger partial charge in [0.05, 0.1) is 16.5 Å². The van der Waals surface area contributed by atoms with Gasteiger partial charge >= 0.3 is 5.69 Å². The van der Waals surface area contributed by atoms with Crippen LogP contribution in [0, 0.1) is 10.1 Å². The van der Waals surface area contributed by atoms with Crippen LogP contribution in [0.15, 0.2) is 35.3 Å². The number of para-hydroxylation sites is 1. The fourth-order valence-corrected chi connectivity index (χ4v) is 1.29. The number of benzene rings is 1. The van der Waals surface area contributed by atoms with Gasteiger partial charge in [-0.15, -0.1) is 0 Å². The number of halogens is 1. The van der Waals surface area contributed by atoms with E-state index in [1.54, 1.807) is 24.3 Å². The first-order chi connectivity index (χ1) is 8.70. The molecule has 0 spiro atoms. The second-order valence-electron chi connectivity index (χ2n) is 2.81. The van der Waals surface area contributed by atoms with Gasteiger partial charge in [-0.25, -0.2) is 0 Å². The highest BCUT2D eigenvalue weighted by Crippen LogP contribution is 2.10. The maximum Gasteiger partial charge on any atom is 0.332 e. The van der Waals surface area contributed by atoms with Gasteiger partial charge in [-0.2, -0.15) is 0 Å². The second kappa shape index (κ2) is 8.41. The molecular weight excluding hydrogens is 300 g/mol. The summed E-state index contributed by atoms with van der Waals surface area (Å²) in [7, 11) is 0. The molecule has 0 aliphatic rings. The molecule has 0 bridgehead atoms. The minimum Gasteiger partial charge on any atom is -0.355 e. The van der Waals surface area contributed by atoms with Crippen LogP contribution < -0.4 is 5.43 Å². The Kier molecular flexibility index (Phi) is 7.62. The lowest BCUT2D eigenvalue weighted by atomic mass is 10.2. The summed E-state index contributed by atoms with van der Waals surface area (Å²) in [6.45, 7) is 4.00. The topological polar surface area (TPSA) is 76.0 Å². The number of alkyl halides is 1. The lowest BCUT2D eigenvalue weighted by Gasteiger charge is -1.95. The lowest BCUT2D eigenvalue weighted by Crippen LogP contribution is -2.08. The zero-order valence-electron chi connectivity index (χ0n) is 10.4. The van der Waals surface area contributed by atoms with Crippen molar-refractivity contribution in [2.45, 2.75) is 13.8 Å². The Morgan fingerprint density at radius 3 is 2.33 bits per heavy atom. The summed E-state index contributed by atoms with van der Waals surface area (Å²) in [5.41, 5.74) is -0.379. The fraction of sp³-hybridized carbons (Fsp3) is 0.250. The number of rotatable bonds is 1. The molecule has 0 saturated heterocycles. The van der Waals surface area contributed by atoms with Crippen molar-refractivity contribution in [3.8, 4) is 0 Å². The lowest BCUT2D eigenvalue weighted by molar-refractivity contribution is -0.386. The minimum absolute atomic E-state index is 0.335. The van der Waals surface area contributed by atoms with E-state index >= 15 is 0 Å². The number of hydrogen-bond acceptors (Lipinski definition) is 3. The first-order valence-corrected chi connectivity index (χ1v) is 6.91. The number of nitrogens with zero attached hydrogens (tertiary/aromatic N) is 1. The molecule has 6 heteroatoms. The summed E-state index contributed by atoms with van der Waals surface area (Å²) < 4.78 is 0. The summed E-state index contributed by atoms with van der Waals surface area (Å²) in [6.07, 6.45) is 1.12. The van der Waals surface area contributed by atoms with Gasteiger partial charge in [0.1, 0.15) is 0 Å².